The van der Waals surface area contributed by atoms with E-state index < -0.39 is 0 Å². The number of H-pyrrole nitrogens is 1. The lowest BCUT2D eigenvalue weighted by Gasteiger charge is -2.12. The summed E-state index contributed by atoms with van der Waals surface area (Å²) in [6, 6.07) is 3.90. The molecule has 2 heterocycles. The number of nitrogens with zero attached hydrogens (tertiary/aromatic N) is 3. The molecule has 2 aromatic heterocycles. The van der Waals surface area contributed by atoms with Crippen LogP contribution in [0.5, 0.6) is 0 Å². The Kier molecular flexibility index (Phi) is 3.71. The van der Waals surface area contributed by atoms with Gasteiger partial charge in [0.05, 0.1) is 5.56 Å². The molecule has 2 aromatic rings. The van der Waals surface area contributed by atoms with E-state index in [0.29, 0.717) is 22.7 Å². The smallest absolute Gasteiger partial charge is 0.261 e. The Bertz CT molecular complexity index is 708. The lowest BCUT2D eigenvalue weighted by Crippen LogP contribution is -2.24. The average Bonchev–Trinajstić information content (AvgIpc) is 2.72. The molecule has 0 fully saturated rings. The number of hydrogen-bond donors (Lipinski definition) is 1. The Morgan fingerprint density at radius 3 is 2.68 bits per heavy atom. The number of hydrogen-bond acceptors (Lipinski definition) is 3. The van der Waals surface area contributed by atoms with Crippen LogP contribution >= 0.6 is 12.2 Å². The van der Waals surface area contributed by atoms with Gasteiger partial charge in [-0.05, 0) is 52.0 Å². The standard InChI is InChI=1S/C13H18N4OS/c1-5-16-9(4)6-7-10(12(16)18)11-14-15-13(19)17(11)8(2)3/h6-8H,5H2,1-4H3,(H,15,19). The predicted molar refractivity (Wildman–Crippen MR) is 77.9 cm³/mol. The molecule has 0 aromatic carbocycles. The fourth-order valence-corrected chi connectivity index (χ4v) is 2.55. The van der Waals surface area contributed by atoms with Crippen molar-refractivity contribution in [2.75, 3.05) is 0 Å². The lowest BCUT2D eigenvalue weighted by molar-refractivity contribution is 0.595. The first-order valence-electron chi connectivity index (χ1n) is 6.35. The second kappa shape index (κ2) is 5.13. The summed E-state index contributed by atoms with van der Waals surface area (Å²) in [6.07, 6.45) is 0. The summed E-state index contributed by atoms with van der Waals surface area (Å²) >= 11 is 5.22. The van der Waals surface area contributed by atoms with E-state index in [1.807, 2.05) is 44.4 Å². The molecular formula is C13H18N4OS. The van der Waals surface area contributed by atoms with Crippen LogP contribution in [0.25, 0.3) is 11.4 Å². The molecular weight excluding hydrogens is 260 g/mol. The third-order valence-electron chi connectivity index (χ3n) is 3.17. The topological polar surface area (TPSA) is 55.6 Å². The molecule has 19 heavy (non-hydrogen) atoms. The second-order valence-electron chi connectivity index (χ2n) is 4.75. The summed E-state index contributed by atoms with van der Waals surface area (Å²) in [5, 5.41) is 6.97. The second-order valence-corrected chi connectivity index (χ2v) is 5.14. The number of rotatable bonds is 3. The van der Waals surface area contributed by atoms with Gasteiger partial charge in [0.15, 0.2) is 10.6 Å². The van der Waals surface area contributed by atoms with Crippen molar-refractivity contribution < 1.29 is 0 Å². The van der Waals surface area contributed by atoms with Crippen molar-refractivity contribution in [2.24, 2.45) is 0 Å². The molecule has 2 rings (SSSR count). The van der Waals surface area contributed by atoms with E-state index in [1.165, 1.54) is 0 Å². The van der Waals surface area contributed by atoms with Crippen LogP contribution in [0.3, 0.4) is 0 Å². The van der Waals surface area contributed by atoms with Crippen molar-refractivity contribution in [2.45, 2.75) is 40.3 Å². The Hall–Kier alpha value is -1.69. The van der Waals surface area contributed by atoms with E-state index in [-0.39, 0.29) is 11.6 Å². The van der Waals surface area contributed by atoms with Crippen molar-refractivity contribution in [3.8, 4) is 11.4 Å². The van der Waals surface area contributed by atoms with Gasteiger partial charge in [0.25, 0.3) is 5.56 Å². The molecule has 0 spiro atoms. The molecule has 102 valence electrons. The van der Waals surface area contributed by atoms with Gasteiger partial charge < -0.3 is 4.57 Å². The van der Waals surface area contributed by atoms with Gasteiger partial charge in [-0.2, -0.15) is 5.10 Å². The third-order valence-corrected chi connectivity index (χ3v) is 3.46. The first-order chi connectivity index (χ1) is 8.97. The number of aromatic nitrogens is 4. The molecule has 0 radical (unpaired) electrons. The fraction of sp³-hybridized carbons (Fsp3) is 0.462. The van der Waals surface area contributed by atoms with Crippen LogP contribution in [0.15, 0.2) is 16.9 Å². The van der Waals surface area contributed by atoms with Crippen LogP contribution in [-0.2, 0) is 6.54 Å². The van der Waals surface area contributed by atoms with E-state index in [0.717, 1.165) is 5.69 Å². The quantitative estimate of drug-likeness (QED) is 0.878. The minimum Gasteiger partial charge on any atom is -0.313 e. The summed E-state index contributed by atoms with van der Waals surface area (Å²) in [5.74, 6) is 0.604. The van der Waals surface area contributed by atoms with Crippen molar-refractivity contribution in [1.82, 2.24) is 19.3 Å². The van der Waals surface area contributed by atoms with Gasteiger partial charge in [0.1, 0.15) is 0 Å². The zero-order chi connectivity index (χ0) is 14.2. The summed E-state index contributed by atoms with van der Waals surface area (Å²) in [5.41, 5.74) is 1.49. The molecule has 6 heteroatoms. The summed E-state index contributed by atoms with van der Waals surface area (Å²) in [4.78, 5) is 12.5. The Morgan fingerprint density at radius 2 is 2.11 bits per heavy atom. The third kappa shape index (κ3) is 2.28. The normalized spacial score (nSPS) is 11.2. The maximum Gasteiger partial charge on any atom is 0.261 e. The molecule has 0 saturated heterocycles. The highest BCUT2D eigenvalue weighted by Crippen LogP contribution is 2.18. The summed E-state index contributed by atoms with van der Waals surface area (Å²) in [7, 11) is 0. The first kappa shape index (κ1) is 13.7. The maximum absolute atomic E-state index is 12.5. The minimum atomic E-state index is -0.0293. The molecule has 0 aliphatic heterocycles. The van der Waals surface area contributed by atoms with E-state index in [9.17, 15) is 4.79 Å². The highest BCUT2D eigenvalue weighted by molar-refractivity contribution is 7.71. The largest absolute Gasteiger partial charge is 0.313 e. The van der Waals surface area contributed by atoms with Crippen molar-refractivity contribution >= 4 is 12.2 Å². The lowest BCUT2D eigenvalue weighted by atomic mass is 10.2. The number of nitrogens with one attached hydrogen (secondary N) is 1. The first-order valence-corrected chi connectivity index (χ1v) is 6.76. The van der Waals surface area contributed by atoms with E-state index >= 15 is 0 Å². The molecule has 0 aliphatic rings. The average molecular weight is 278 g/mol. The van der Waals surface area contributed by atoms with Gasteiger partial charge in [0, 0.05) is 18.3 Å². The zero-order valence-electron chi connectivity index (χ0n) is 11.6. The van der Waals surface area contributed by atoms with Gasteiger partial charge in [-0.15, -0.1) is 0 Å². The van der Waals surface area contributed by atoms with E-state index in [4.69, 9.17) is 12.2 Å². The fourth-order valence-electron chi connectivity index (χ4n) is 2.21. The van der Waals surface area contributed by atoms with Crippen molar-refractivity contribution in [3.63, 3.8) is 0 Å². The van der Waals surface area contributed by atoms with Crippen LogP contribution in [0.1, 0.15) is 32.5 Å². The highest BCUT2D eigenvalue weighted by atomic mass is 32.1. The van der Waals surface area contributed by atoms with Crippen LogP contribution in [0.4, 0.5) is 0 Å². The highest BCUT2D eigenvalue weighted by Gasteiger charge is 2.16. The monoisotopic (exact) mass is 278 g/mol. The molecule has 0 aliphatic carbocycles. The van der Waals surface area contributed by atoms with Gasteiger partial charge in [-0.3, -0.25) is 14.5 Å². The van der Waals surface area contributed by atoms with Gasteiger partial charge >= 0.3 is 0 Å². The summed E-state index contributed by atoms with van der Waals surface area (Å²) in [6.45, 7) is 8.56. The molecule has 5 nitrogen and oxygen atoms in total. The Morgan fingerprint density at radius 1 is 1.42 bits per heavy atom. The van der Waals surface area contributed by atoms with Gasteiger partial charge in [0.2, 0.25) is 0 Å². The molecule has 0 amide bonds. The molecule has 0 bridgehead atoms. The molecule has 0 atom stereocenters. The Balaban J connectivity index is 2.74. The van der Waals surface area contributed by atoms with Crippen LogP contribution in [-0.4, -0.2) is 19.3 Å². The molecule has 0 unspecified atom stereocenters. The van der Waals surface area contributed by atoms with Gasteiger partial charge in [-0.25, -0.2) is 0 Å². The maximum atomic E-state index is 12.5. The number of aryl methyl sites for hydroxylation is 1. The van der Waals surface area contributed by atoms with E-state index in [2.05, 4.69) is 10.2 Å². The predicted octanol–water partition coefficient (Wildman–Crippen LogP) is 2.68. The minimum absolute atomic E-state index is 0.0293. The van der Waals surface area contributed by atoms with Gasteiger partial charge in [-0.1, -0.05) is 0 Å². The van der Waals surface area contributed by atoms with Crippen LogP contribution < -0.4 is 5.56 Å². The summed E-state index contributed by atoms with van der Waals surface area (Å²) < 4.78 is 4.13. The number of pyridine rings is 1. The Labute approximate surface area is 116 Å². The molecule has 1 N–H and O–H groups in total. The van der Waals surface area contributed by atoms with Crippen molar-refractivity contribution in [3.05, 3.63) is 33.0 Å². The van der Waals surface area contributed by atoms with E-state index in [1.54, 1.807) is 4.57 Å². The van der Waals surface area contributed by atoms with Crippen molar-refractivity contribution in [1.29, 1.82) is 0 Å². The zero-order valence-corrected chi connectivity index (χ0v) is 12.4. The molecule has 0 saturated carbocycles. The van der Waals surface area contributed by atoms with Crippen LogP contribution in [0.2, 0.25) is 0 Å². The SMILES string of the molecule is CCn1c(C)ccc(-c2n[nH]c(=S)n2C(C)C)c1=O. The number of aromatic amines is 1. The van der Waals surface area contributed by atoms with Crippen LogP contribution in [0, 0.1) is 11.7 Å².